The first-order valence-corrected chi connectivity index (χ1v) is 8.61. The van der Waals surface area contributed by atoms with Gasteiger partial charge in [0.25, 0.3) is 0 Å². The minimum atomic E-state index is 0.352. The molecule has 3 aliphatic rings. The third kappa shape index (κ3) is 2.71. The van der Waals surface area contributed by atoms with E-state index >= 15 is 0 Å². The van der Waals surface area contributed by atoms with E-state index in [0.29, 0.717) is 5.54 Å². The molecule has 2 N–H and O–H groups in total. The molecule has 0 radical (unpaired) electrons. The van der Waals surface area contributed by atoms with Gasteiger partial charge in [-0.1, -0.05) is 19.8 Å². The van der Waals surface area contributed by atoms with Crippen LogP contribution in [-0.2, 0) is 0 Å². The molecule has 4 unspecified atom stereocenters. The van der Waals surface area contributed by atoms with Crippen molar-refractivity contribution in [3.63, 3.8) is 0 Å². The van der Waals surface area contributed by atoms with Gasteiger partial charge in [0.1, 0.15) is 0 Å². The number of nitrogens with two attached hydrogens (primary N) is 1. The highest BCUT2D eigenvalue weighted by Crippen LogP contribution is 2.49. The summed E-state index contributed by atoms with van der Waals surface area (Å²) in [4.78, 5) is 2.82. The molecule has 19 heavy (non-hydrogen) atoms. The second-order valence-electron chi connectivity index (χ2n) is 7.79. The minimum Gasteiger partial charge on any atom is -0.329 e. The lowest BCUT2D eigenvalue weighted by atomic mass is 9.71. The SMILES string of the molecule is CC1CCN(C2(CN)CCCC(C3CC3)C2)C(C)C1. The standard InChI is InChI=1S/C17H32N2/c1-13-7-9-19(14(2)10-13)17(12-18)8-3-4-16(11-17)15-5-6-15/h13-16H,3-12,18H2,1-2H3. The molecule has 1 heterocycles. The molecular weight excluding hydrogens is 232 g/mol. The van der Waals surface area contributed by atoms with E-state index in [-0.39, 0.29) is 0 Å². The largest absolute Gasteiger partial charge is 0.329 e. The molecule has 0 amide bonds. The molecule has 110 valence electrons. The second kappa shape index (κ2) is 5.37. The third-order valence-corrected chi connectivity index (χ3v) is 6.28. The summed E-state index contributed by atoms with van der Waals surface area (Å²) < 4.78 is 0. The highest BCUT2D eigenvalue weighted by Gasteiger charge is 2.46. The van der Waals surface area contributed by atoms with Crippen LogP contribution in [0.15, 0.2) is 0 Å². The Kier molecular flexibility index (Phi) is 3.92. The molecular formula is C17H32N2. The first-order chi connectivity index (χ1) is 9.14. The van der Waals surface area contributed by atoms with Crippen molar-refractivity contribution in [2.75, 3.05) is 13.1 Å². The van der Waals surface area contributed by atoms with Crippen LogP contribution < -0.4 is 5.73 Å². The van der Waals surface area contributed by atoms with Crippen molar-refractivity contribution in [3.05, 3.63) is 0 Å². The second-order valence-corrected chi connectivity index (χ2v) is 7.79. The number of nitrogens with zero attached hydrogens (tertiary/aromatic N) is 1. The minimum absolute atomic E-state index is 0.352. The van der Waals surface area contributed by atoms with E-state index in [4.69, 9.17) is 5.73 Å². The van der Waals surface area contributed by atoms with Crippen molar-refractivity contribution >= 4 is 0 Å². The van der Waals surface area contributed by atoms with Gasteiger partial charge in [-0.15, -0.1) is 0 Å². The van der Waals surface area contributed by atoms with Crippen molar-refractivity contribution < 1.29 is 0 Å². The molecule has 2 aliphatic carbocycles. The van der Waals surface area contributed by atoms with Crippen LogP contribution in [-0.4, -0.2) is 29.6 Å². The summed E-state index contributed by atoms with van der Waals surface area (Å²) in [5, 5.41) is 0. The molecule has 0 aromatic heterocycles. The molecule has 2 nitrogen and oxygen atoms in total. The quantitative estimate of drug-likeness (QED) is 0.846. The van der Waals surface area contributed by atoms with Gasteiger partial charge in [-0.05, 0) is 69.7 Å². The van der Waals surface area contributed by atoms with Crippen LogP contribution in [0.3, 0.4) is 0 Å². The van der Waals surface area contributed by atoms with Gasteiger partial charge in [-0.3, -0.25) is 4.90 Å². The molecule has 2 saturated carbocycles. The van der Waals surface area contributed by atoms with Crippen LogP contribution in [0.4, 0.5) is 0 Å². The summed E-state index contributed by atoms with van der Waals surface area (Å²) in [6.07, 6.45) is 11.4. The lowest BCUT2D eigenvalue weighted by Gasteiger charge is -2.53. The van der Waals surface area contributed by atoms with Crippen molar-refractivity contribution in [1.29, 1.82) is 0 Å². The van der Waals surface area contributed by atoms with Crippen molar-refractivity contribution in [2.45, 2.75) is 76.8 Å². The Balaban J connectivity index is 1.73. The predicted molar refractivity (Wildman–Crippen MR) is 81.0 cm³/mol. The van der Waals surface area contributed by atoms with Crippen LogP contribution in [0.25, 0.3) is 0 Å². The van der Waals surface area contributed by atoms with Gasteiger partial charge >= 0.3 is 0 Å². The average Bonchev–Trinajstić information content (AvgIpc) is 3.23. The number of rotatable bonds is 3. The Morgan fingerprint density at radius 1 is 1.11 bits per heavy atom. The molecule has 2 heteroatoms. The Morgan fingerprint density at radius 2 is 1.89 bits per heavy atom. The van der Waals surface area contributed by atoms with Gasteiger partial charge in [0, 0.05) is 18.1 Å². The Bertz CT molecular complexity index is 312. The summed E-state index contributed by atoms with van der Waals surface area (Å²) >= 11 is 0. The molecule has 1 saturated heterocycles. The maximum atomic E-state index is 6.31. The number of hydrogen-bond acceptors (Lipinski definition) is 2. The van der Waals surface area contributed by atoms with E-state index in [1.54, 1.807) is 0 Å². The molecule has 0 aromatic rings. The fraction of sp³-hybridized carbons (Fsp3) is 1.00. The topological polar surface area (TPSA) is 29.3 Å². The van der Waals surface area contributed by atoms with E-state index in [1.807, 2.05) is 0 Å². The van der Waals surface area contributed by atoms with E-state index in [2.05, 4.69) is 18.7 Å². The summed E-state index contributed by atoms with van der Waals surface area (Å²) in [5.74, 6) is 2.96. The summed E-state index contributed by atoms with van der Waals surface area (Å²) in [5.41, 5.74) is 6.66. The molecule has 1 aliphatic heterocycles. The highest BCUT2D eigenvalue weighted by molar-refractivity contribution is 5.02. The van der Waals surface area contributed by atoms with Crippen LogP contribution in [0.2, 0.25) is 0 Å². The normalized spacial score (nSPS) is 45.3. The van der Waals surface area contributed by atoms with Gasteiger partial charge in [0.05, 0.1) is 0 Å². The third-order valence-electron chi connectivity index (χ3n) is 6.28. The van der Waals surface area contributed by atoms with Crippen molar-refractivity contribution in [2.24, 2.45) is 23.5 Å². The number of hydrogen-bond donors (Lipinski definition) is 1. The van der Waals surface area contributed by atoms with E-state index in [0.717, 1.165) is 30.3 Å². The van der Waals surface area contributed by atoms with Crippen LogP contribution in [0.1, 0.15) is 65.2 Å². The Labute approximate surface area is 119 Å². The Hall–Kier alpha value is -0.0800. The number of piperidine rings is 1. The molecule has 0 spiro atoms. The van der Waals surface area contributed by atoms with Crippen LogP contribution in [0.5, 0.6) is 0 Å². The summed E-state index contributed by atoms with van der Waals surface area (Å²) in [6.45, 7) is 7.02. The zero-order chi connectivity index (χ0) is 13.5. The van der Waals surface area contributed by atoms with Gasteiger partial charge in [0.2, 0.25) is 0 Å². The fourth-order valence-corrected chi connectivity index (χ4v) is 5.03. The van der Waals surface area contributed by atoms with Crippen LogP contribution in [0, 0.1) is 17.8 Å². The molecule has 4 atom stereocenters. The molecule has 3 fully saturated rings. The predicted octanol–water partition coefficient (Wildman–Crippen LogP) is 3.40. The molecule has 0 aromatic carbocycles. The molecule has 3 rings (SSSR count). The maximum absolute atomic E-state index is 6.31. The van der Waals surface area contributed by atoms with Crippen molar-refractivity contribution in [1.82, 2.24) is 4.90 Å². The summed E-state index contributed by atoms with van der Waals surface area (Å²) in [6, 6.07) is 0.741. The van der Waals surface area contributed by atoms with E-state index < -0.39 is 0 Å². The lowest BCUT2D eigenvalue weighted by molar-refractivity contribution is -0.0242. The van der Waals surface area contributed by atoms with Gasteiger partial charge in [0.15, 0.2) is 0 Å². The average molecular weight is 264 g/mol. The maximum Gasteiger partial charge on any atom is 0.0337 e. The summed E-state index contributed by atoms with van der Waals surface area (Å²) in [7, 11) is 0. The lowest BCUT2D eigenvalue weighted by Crippen LogP contribution is -2.61. The zero-order valence-corrected chi connectivity index (χ0v) is 12.9. The monoisotopic (exact) mass is 264 g/mol. The first-order valence-electron chi connectivity index (χ1n) is 8.61. The highest BCUT2D eigenvalue weighted by atomic mass is 15.2. The smallest absolute Gasteiger partial charge is 0.0337 e. The molecule has 0 bridgehead atoms. The fourth-order valence-electron chi connectivity index (χ4n) is 5.03. The Morgan fingerprint density at radius 3 is 2.53 bits per heavy atom. The van der Waals surface area contributed by atoms with Crippen molar-refractivity contribution in [3.8, 4) is 0 Å². The van der Waals surface area contributed by atoms with Crippen LogP contribution >= 0.6 is 0 Å². The van der Waals surface area contributed by atoms with Gasteiger partial charge < -0.3 is 5.73 Å². The van der Waals surface area contributed by atoms with E-state index in [1.165, 1.54) is 57.9 Å². The zero-order valence-electron chi connectivity index (χ0n) is 12.9. The first kappa shape index (κ1) is 13.9. The van der Waals surface area contributed by atoms with E-state index in [9.17, 15) is 0 Å². The van der Waals surface area contributed by atoms with Gasteiger partial charge in [-0.25, -0.2) is 0 Å². The number of likely N-dealkylation sites (tertiary alicyclic amines) is 1. The van der Waals surface area contributed by atoms with Gasteiger partial charge in [-0.2, -0.15) is 0 Å².